The predicted octanol–water partition coefficient (Wildman–Crippen LogP) is 2.55. The third kappa shape index (κ3) is 3.72. The Morgan fingerprint density at radius 2 is 1.85 bits per heavy atom. The average molecular weight is 360 g/mol. The maximum absolute atomic E-state index is 12.2. The highest BCUT2D eigenvalue weighted by Gasteiger charge is 2.14. The van der Waals surface area contributed by atoms with Gasteiger partial charge in [-0.3, -0.25) is 4.79 Å². The number of hydrogen-bond donors (Lipinski definition) is 1. The Hall–Kier alpha value is -3.48. The Labute approximate surface area is 156 Å². The Kier molecular flexibility index (Phi) is 4.65. The molecule has 0 unspecified atom stereocenters. The van der Waals surface area contributed by atoms with Crippen LogP contribution in [0.2, 0.25) is 0 Å². The van der Waals surface area contributed by atoms with Crippen molar-refractivity contribution in [1.82, 2.24) is 29.6 Å². The zero-order valence-corrected chi connectivity index (χ0v) is 15.0. The first-order chi connectivity index (χ1) is 13.2. The third-order valence-corrected chi connectivity index (χ3v) is 4.58. The lowest BCUT2D eigenvalue weighted by molar-refractivity contribution is -0.124. The van der Waals surface area contributed by atoms with E-state index in [0.717, 1.165) is 23.1 Å². The SMILES string of the molecule is C[C@@H](C(=O)NCc1ccc(Cn2cnc3ccccc32)cc1)n1cncn1. The second-order valence-electron chi connectivity index (χ2n) is 6.45. The lowest BCUT2D eigenvalue weighted by atomic mass is 10.1. The fourth-order valence-corrected chi connectivity index (χ4v) is 2.97. The number of carbonyl (C=O) groups is 1. The summed E-state index contributed by atoms with van der Waals surface area (Å²) in [5.74, 6) is -0.0885. The number of carbonyl (C=O) groups excluding carboxylic acids is 1. The molecule has 2 heterocycles. The van der Waals surface area contributed by atoms with Crippen molar-refractivity contribution in [1.29, 1.82) is 0 Å². The fraction of sp³-hybridized carbons (Fsp3) is 0.200. The van der Waals surface area contributed by atoms with Gasteiger partial charge in [0.25, 0.3) is 0 Å². The predicted molar refractivity (Wildman–Crippen MR) is 102 cm³/mol. The van der Waals surface area contributed by atoms with Crippen LogP contribution in [0, 0.1) is 0 Å². The van der Waals surface area contributed by atoms with Gasteiger partial charge in [0.1, 0.15) is 18.7 Å². The minimum Gasteiger partial charge on any atom is -0.350 e. The van der Waals surface area contributed by atoms with Gasteiger partial charge in [-0.2, -0.15) is 5.10 Å². The van der Waals surface area contributed by atoms with Crippen LogP contribution >= 0.6 is 0 Å². The third-order valence-electron chi connectivity index (χ3n) is 4.58. The highest BCUT2D eigenvalue weighted by atomic mass is 16.2. The largest absolute Gasteiger partial charge is 0.350 e. The molecular weight excluding hydrogens is 340 g/mol. The van der Waals surface area contributed by atoms with E-state index in [1.54, 1.807) is 13.3 Å². The van der Waals surface area contributed by atoms with Crippen molar-refractivity contribution in [3.8, 4) is 0 Å². The summed E-state index contributed by atoms with van der Waals surface area (Å²) in [6, 6.07) is 15.9. The number of nitrogens with zero attached hydrogens (tertiary/aromatic N) is 5. The molecule has 4 rings (SSSR count). The molecule has 7 nitrogen and oxygen atoms in total. The van der Waals surface area contributed by atoms with Crippen LogP contribution in [0.25, 0.3) is 11.0 Å². The average Bonchev–Trinajstić information content (AvgIpc) is 3.37. The molecule has 0 radical (unpaired) electrons. The first kappa shape index (κ1) is 17.0. The van der Waals surface area contributed by atoms with Gasteiger partial charge in [-0.15, -0.1) is 0 Å². The Bertz CT molecular complexity index is 1040. The Balaban J connectivity index is 1.37. The number of rotatable bonds is 6. The van der Waals surface area contributed by atoms with E-state index in [4.69, 9.17) is 0 Å². The zero-order valence-electron chi connectivity index (χ0n) is 15.0. The zero-order chi connectivity index (χ0) is 18.6. The monoisotopic (exact) mass is 360 g/mol. The molecular formula is C20H20N6O. The van der Waals surface area contributed by atoms with Crippen LogP contribution in [0.1, 0.15) is 24.1 Å². The molecule has 0 saturated carbocycles. The number of hydrogen-bond acceptors (Lipinski definition) is 4. The molecule has 4 aromatic rings. The molecule has 1 amide bonds. The molecule has 1 atom stereocenters. The van der Waals surface area contributed by atoms with Crippen LogP contribution < -0.4 is 5.32 Å². The van der Waals surface area contributed by atoms with E-state index < -0.39 is 0 Å². The second-order valence-corrected chi connectivity index (χ2v) is 6.45. The molecule has 0 fully saturated rings. The van der Waals surface area contributed by atoms with Gasteiger partial charge in [0.15, 0.2) is 0 Å². The molecule has 2 aromatic carbocycles. The van der Waals surface area contributed by atoms with Crippen molar-refractivity contribution in [2.45, 2.75) is 26.1 Å². The standard InChI is InChI=1S/C20H20N6O/c1-15(26-13-21-12-24-26)20(27)22-10-16-6-8-17(9-7-16)11-25-14-23-18-4-2-3-5-19(18)25/h2-9,12-15H,10-11H2,1H3,(H,22,27)/t15-/m0/s1. The van der Waals surface area contributed by atoms with Crippen LogP contribution in [0.3, 0.4) is 0 Å². The van der Waals surface area contributed by atoms with Gasteiger partial charge in [0.2, 0.25) is 5.91 Å². The number of amides is 1. The Morgan fingerprint density at radius 1 is 1.07 bits per heavy atom. The number of imidazole rings is 1. The molecule has 136 valence electrons. The van der Waals surface area contributed by atoms with Crippen molar-refractivity contribution in [2.24, 2.45) is 0 Å². The highest BCUT2D eigenvalue weighted by molar-refractivity contribution is 5.79. The first-order valence-electron chi connectivity index (χ1n) is 8.80. The lowest BCUT2D eigenvalue weighted by Gasteiger charge is -2.12. The number of benzene rings is 2. The molecule has 2 aromatic heterocycles. The van der Waals surface area contributed by atoms with Gasteiger partial charge in [-0.05, 0) is 30.2 Å². The summed E-state index contributed by atoms with van der Waals surface area (Å²) in [4.78, 5) is 20.5. The van der Waals surface area contributed by atoms with Crippen LogP contribution in [0.4, 0.5) is 0 Å². The topological polar surface area (TPSA) is 77.6 Å². The van der Waals surface area contributed by atoms with Crippen LogP contribution in [-0.2, 0) is 17.9 Å². The summed E-state index contributed by atoms with van der Waals surface area (Å²) in [5.41, 5.74) is 4.35. The lowest BCUT2D eigenvalue weighted by Crippen LogP contribution is -2.30. The van der Waals surface area contributed by atoms with Crippen molar-refractivity contribution in [3.05, 3.63) is 78.6 Å². The van der Waals surface area contributed by atoms with E-state index in [1.165, 1.54) is 16.6 Å². The summed E-state index contributed by atoms with van der Waals surface area (Å²) in [6.45, 7) is 3.03. The van der Waals surface area contributed by atoms with E-state index in [1.807, 2.05) is 36.7 Å². The van der Waals surface area contributed by atoms with Crippen LogP contribution in [0.5, 0.6) is 0 Å². The summed E-state index contributed by atoms with van der Waals surface area (Å²) in [7, 11) is 0. The van der Waals surface area contributed by atoms with Crippen molar-refractivity contribution < 1.29 is 4.79 Å². The van der Waals surface area contributed by atoms with Crippen LogP contribution in [0.15, 0.2) is 67.5 Å². The molecule has 0 aliphatic carbocycles. The maximum atomic E-state index is 12.2. The van der Waals surface area contributed by atoms with Gasteiger partial charge in [0, 0.05) is 13.1 Å². The summed E-state index contributed by atoms with van der Waals surface area (Å²) in [5, 5.41) is 6.93. The molecule has 0 aliphatic heterocycles. The van der Waals surface area contributed by atoms with E-state index >= 15 is 0 Å². The van der Waals surface area contributed by atoms with E-state index in [9.17, 15) is 4.79 Å². The van der Waals surface area contributed by atoms with Gasteiger partial charge >= 0.3 is 0 Å². The van der Waals surface area contributed by atoms with Crippen molar-refractivity contribution >= 4 is 16.9 Å². The van der Waals surface area contributed by atoms with E-state index in [0.29, 0.717) is 6.54 Å². The smallest absolute Gasteiger partial charge is 0.244 e. The molecule has 1 N–H and O–H groups in total. The highest BCUT2D eigenvalue weighted by Crippen LogP contribution is 2.14. The number of para-hydroxylation sites is 2. The number of nitrogens with one attached hydrogen (secondary N) is 1. The minimum atomic E-state index is -0.388. The molecule has 0 saturated heterocycles. The fourth-order valence-electron chi connectivity index (χ4n) is 2.97. The normalized spacial score (nSPS) is 12.2. The van der Waals surface area contributed by atoms with Crippen molar-refractivity contribution in [2.75, 3.05) is 0 Å². The quantitative estimate of drug-likeness (QED) is 0.573. The minimum absolute atomic E-state index is 0.0885. The van der Waals surface area contributed by atoms with Gasteiger partial charge in [0.05, 0.1) is 17.4 Å². The molecule has 7 heteroatoms. The maximum Gasteiger partial charge on any atom is 0.244 e. The van der Waals surface area contributed by atoms with Crippen molar-refractivity contribution in [3.63, 3.8) is 0 Å². The Morgan fingerprint density at radius 3 is 2.63 bits per heavy atom. The molecule has 0 spiro atoms. The van der Waals surface area contributed by atoms with Crippen LogP contribution in [-0.4, -0.2) is 30.2 Å². The van der Waals surface area contributed by atoms with Gasteiger partial charge < -0.3 is 9.88 Å². The summed E-state index contributed by atoms with van der Waals surface area (Å²) < 4.78 is 3.67. The summed E-state index contributed by atoms with van der Waals surface area (Å²) >= 11 is 0. The van der Waals surface area contributed by atoms with E-state index in [2.05, 4.69) is 43.1 Å². The number of aromatic nitrogens is 5. The van der Waals surface area contributed by atoms with E-state index in [-0.39, 0.29) is 11.9 Å². The van der Waals surface area contributed by atoms with Gasteiger partial charge in [-0.25, -0.2) is 14.6 Å². The molecule has 0 bridgehead atoms. The number of fused-ring (bicyclic) bond motifs is 1. The van der Waals surface area contributed by atoms with Gasteiger partial charge in [-0.1, -0.05) is 36.4 Å². The molecule has 27 heavy (non-hydrogen) atoms. The second kappa shape index (κ2) is 7.41. The molecule has 0 aliphatic rings. The summed E-state index contributed by atoms with van der Waals surface area (Å²) in [6.07, 6.45) is 4.83. The first-order valence-corrected chi connectivity index (χ1v) is 8.80.